The third kappa shape index (κ3) is 4.30. The smallest absolute Gasteiger partial charge is 0.396 e. The number of hydrogen-bond donors (Lipinski definition) is 2. The van der Waals surface area contributed by atoms with Crippen molar-refractivity contribution in [2.45, 2.75) is 31.4 Å². The van der Waals surface area contributed by atoms with Gasteiger partial charge in [0.25, 0.3) is 5.91 Å². The maximum atomic E-state index is 12.3. The molecule has 0 aliphatic rings. The first kappa shape index (κ1) is 15.1. The van der Waals surface area contributed by atoms with Crippen LogP contribution in [-0.4, -0.2) is 36.3 Å². The Kier molecular flexibility index (Phi) is 5.63. The van der Waals surface area contributed by atoms with Gasteiger partial charge in [0.15, 0.2) is 0 Å². The van der Waals surface area contributed by atoms with E-state index < -0.39 is 18.0 Å². The lowest BCUT2D eigenvalue weighted by atomic mass is 10.2. The number of amides is 1. The summed E-state index contributed by atoms with van der Waals surface area (Å²) in [5, 5.41) is 9.85. The van der Waals surface area contributed by atoms with Crippen molar-refractivity contribution in [1.82, 2.24) is 5.32 Å². The predicted molar refractivity (Wildman–Crippen MR) is 44.9 cm³/mol. The minimum atomic E-state index is -5.87. The minimum absolute atomic E-state index is 0.0906. The van der Waals surface area contributed by atoms with E-state index in [-0.39, 0.29) is 19.6 Å². The number of carbonyl (C=O) groups excluding carboxylic acids is 1. The molecule has 0 atom stereocenters. The zero-order valence-electron chi connectivity index (χ0n) is 8.28. The highest BCUT2D eigenvalue weighted by Gasteiger charge is 2.63. The fourth-order valence-corrected chi connectivity index (χ4v) is 0.855. The fraction of sp³-hybridized carbons (Fsp3) is 0.875. The van der Waals surface area contributed by atoms with Gasteiger partial charge in [-0.15, -0.1) is 0 Å². The van der Waals surface area contributed by atoms with Crippen molar-refractivity contribution in [2.75, 3.05) is 13.2 Å². The number of nitrogens with one attached hydrogen (secondary N) is 1. The van der Waals surface area contributed by atoms with Crippen LogP contribution in [0.15, 0.2) is 0 Å². The summed E-state index contributed by atoms with van der Waals surface area (Å²) in [5.74, 6) is -7.70. The van der Waals surface area contributed by atoms with E-state index in [0.29, 0.717) is 12.8 Å². The van der Waals surface area contributed by atoms with Crippen molar-refractivity contribution < 1.29 is 31.9 Å². The molecule has 1 amide bonds. The van der Waals surface area contributed by atoms with Gasteiger partial charge in [-0.1, -0.05) is 0 Å². The first-order valence-electron chi connectivity index (χ1n) is 4.57. The van der Waals surface area contributed by atoms with E-state index in [1.54, 1.807) is 0 Å². The molecule has 96 valence electrons. The van der Waals surface area contributed by atoms with Gasteiger partial charge >= 0.3 is 12.1 Å². The summed E-state index contributed by atoms with van der Waals surface area (Å²) in [4.78, 5) is 10.5. The Morgan fingerprint density at radius 3 is 2.06 bits per heavy atom. The van der Waals surface area contributed by atoms with Crippen LogP contribution in [0.1, 0.15) is 19.3 Å². The van der Waals surface area contributed by atoms with Gasteiger partial charge in [0.2, 0.25) is 0 Å². The van der Waals surface area contributed by atoms with Crippen LogP contribution in [0.5, 0.6) is 0 Å². The summed E-state index contributed by atoms with van der Waals surface area (Å²) in [7, 11) is 0. The standard InChI is InChI=1S/C8H12F5NO2/c9-7(10,8(11,12)13)6(16)14-4-2-1-3-5-15/h15H,1-5H2,(H,14,16). The highest BCUT2D eigenvalue weighted by molar-refractivity contribution is 5.84. The van der Waals surface area contributed by atoms with Gasteiger partial charge < -0.3 is 10.4 Å². The molecular weight excluding hydrogens is 237 g/mol. The zero-order valence-corrected chi connectivity index (χ0v) is 8.28. The van der Waals surface area contributed by atoms with Crippen LogP contribution in [0, 0.1) is 0 Å². The number of halogens is 5. The van der Waals surface area contributed by atoms with Crippen LogP contribution in [0.3, 0.4) is 0 Å². The lowest BCUT2D eigenvalue weighted by Crippen LogP contribution is -2.50. The average Bonchev–Trinajstić information content (AvgIpc) is 2.15. The fourth-order valence-electron chi connectivity index (χ4n) is 0.855. The number of rotatable bonds is 6. The van der Waals surface area contributed by atoms with Crippen LogP contribution in [0.4, 0.5) is 22.0 Å². The second kappa shape index (κ2) is 5.97. The summed E-state index contributed by atoms with van der Waals surface area (Å²) in [6.45, 7) is -0.364. The summed E-state index contributed by atoms with van der Waals surface area (Å²) in [6.07, 6.45) is -4.79. The molecule has 0 fully saturated rings. The maximum Gasteiger partial charge on any atom is 0.463 e. The Morgan fingerprint density at radius 1 is 1.06 bits per heavy atom. The molecule has 0 aliphatic carbocycles. The van der Waals surface area contributed by atoms with E-state index in [2.05, 4.69) is 0 Å². The van der Waals surface area contributed by atoms with Gasteiger partial charge in [-0.3, -0.25) is 4.79 Å². The first-order chi connectivity index (χ1) is 7.23. The molecule has 0 aromatic heterocycles. The summed E-state index contributed by atoms with van der Waals surface area (Å²) < 4.78 is 59.7. The third-order valence-corrected chi connectivity index (χ3v) is 1.76. The molecular formula is C8H12F5NO2. The molecule has 0 aromatic rings. The van der Waals surface area contributed by atoms with Crippen molar-refractivity contribution in [2.24, 2.45) is 0 Å². The molecule has 0 saturated heterocycles. The van der Waals surface area contributed by atoms with E-state index >= 15 is 0 Å². The second-order valence-corrected chi connectivity index (χ2v) is 3.11. The SMILES string of the molecule is O=C(NCCCCCO)C(F)(F)C(F)(F)F. The lowest BCUT2D eigenvalue weighted by molar-refractivity contribution is -0.269. The first-order valence-corrected chi connectivity index (χ1v) is 4.57. The molecule has 3 nitrogen and oxygen atoms in total. The van der Waals surface area contributed by atoms with E-state index in [1.807, 2.05) is 0 Å². The van der Waals surface area contributed by atoms with Gasteiger partial charge in [0.05, 0.1) is 0 Å². The van der Waals surface area contributed by atoms with E-state index in [4.69, 9.17) is 5.11 Å². The highest BCUT2D eigenvalue weighted by atomic mass is 19.4. The summed E-state index contributed by atoms with van der Waals surface area (Å²) >= 11 is 0. The lowest BCUT2D eigenvalue weighted by Gasteiger charge is -2.18. The van der Waals surface area contributed by atoms with Gasteiger partial charge in [0, 0.05) is 13.2 Å². The van der Waals surface area contributed by atoms with Crippen LogP contribution >= 0.6 is 0 Å². The quantitative estimate of drug-likeness (QED) is 0.553. The molecule has 0 saturated carbocycles. The topological polar surface area (TPSA) is 49.3 Å². The molecule has 0 rings (SSSR count). The molecule has 0 spiro atoms. The number of aliphatic hydroxyl groups is 1. The number of aliphatic hydroxyl groups excluding tert-OH is 1. The second-order valence-electron chi connectivity index (χ2n) is 3.11. The van der Waals surface area contributed by atoms with Gasteiger partial charge in [-0.05, 0) is 19.3 Å². The Balaban J connectivity index is 3.98. The number of carbonyl (C=O) groups is 1. The molecule has 0 radical (unpaired) electrons. The molecule has 16 heavy (non-hydrogen) atoms. The molecule has 0 aromatic carbocycles. The van der Waals surface area contributed by atoms with Gasteiger partial charge in [-0.2, -0.15) is 22.0 Å². The Bertz CT molecular complexity index is 229. The van der Waals surface area contributed by atoms with Crippen molar-refractivity contribution in [3.63, 3.8) is 0 Å². The van der Waals surface area contributed by atoms with E-state index in [9.17, 15) is 26.7 Å². The zero-order chi connectivity index (χ0) is 12.8. The predicted octanol–water partition coefficient (Wildman–Crippen LogP) is 1.46. The molecule has 0 bridgehead atoms. The maximum absolute atomic E-state index is 12.3. The summed E-state index contributed by atoms with van der Waals surface area (Å²) in [6, 6.07) is 0. The Labute approximate surface area is 88.6 Å². The molecule has 0 aliphatic heterocycles. The van der Waals surface area contributed by atoms with Crippen molar-refractivity contribution in [3.05, 3.63) is 0 Å². The van der Waals surface area contributed by atoms with Crippen molar-refractivity contribution >= 4 is 5.91 Å². The van der Waals surface area contributed by atoms with E-state index in [1.165, 1.54) is 5.32 Å². The Hall–Kier alpha value is -0.920. The minimum Gasteiger partial charge on any atom is -0.396 e. The summed E-state index contributed by atoms with van der Waals surface area (Å²) in [5.41, 5.74) is 0. The largest absolute Gasteiger partial charge is 0.463 e. The van der Waals surface area contributed by atoms with Crippen LogP contribution < -0.4 is 5.32 Å². The van der Waals surface area contributed by atoms with Crippen LogP contribution in [0.2, 0.25) is 0 Å². The molecule has 2 N–H and O–H groups in total. The normalized spacial score (nSPS) is 12.6. The van der Waals surface area contributed by atoms with Crippen LogP contribution in [0.25, 0.3) is 0 Å². The van der Waals surface area contributed by atoms with Gasteiger partial charge in [-0.25, -0.2) is 0 Å². The third-order valence-electron chi connectivity index (χ3n) is 1.76. The monoisotopic (exact) mass is 249 g/mol. The van der Waals surface area contributed by atoms with Gasteiger partial charge in [0.1, 0.15) is 0 Å². The number of unbranched alkanes of at least 4 members (excludes halogenated alkanes) is 2. The molecule has 0 unspecified atom stereocenters. The number of hydrogen-bond acceptors (Lipinski definition) is 2. The van der Waals surface area contributed by atoms with Crippen LogP contribution in [-0.2, 0) is 4.79 Å². The van der Waals surface area contributed by atoms with E-state index in [0.717, 1.165) is 0 Å². The van der Waals surface area contributed by atoms with Crippen molar-refractivity contribution in [1.29, 1.82) is 0 Å². The molecule has 0 heterocycles. The number of alkyl halides is 5. The average molecular weight is 249 g/mol. The highest BCUT2D eigenvalue weighted by Crippen LogP contribution is 2.35. The molecule has 8 heteroatoms. The van der Waals surface area contributed by atoms with Crippen molar-refractivity contribution in [3.8, 4) is 0 Å². The Morgan fingerprint density at radius 2 is 1.62 bits per heavy atom.